The van der Waals surface area contributed by atoms with Crippen molar-refractivity contribution < 1.29 is 0 Å². The van der Waals surface area contributed by atoms with Gasteiger partial charge in [0.2, 0.25) is 0 Å². The smallest absolute Gasteiger partial charge is 0.160 e. The van der Waals surface area contributed by atoms with Gasteiger partial charge in [0, 0.05) is 16.7 Å². The first-order valence-electron chi connectivity index (χ1n) is 18.7. The summed E-state index contributed by atoms with van der Waals surface area (Å²) in [6, 6.07) is 65.3. The number of hydrogen-bond acceptors (Lipinski definition) is 2. The van der Waals surface area contributed by atoms with E-state index in [1.54, 1.807) is 0 Å². The van der Waals surface area contributed by atoms with Crippen LogP contribution in [0.3, 0.4) is 0 Å². The van der Waals surface area contributed by atoms with E-state index in [0.717, 1.165) is 57.9 Å². The molecule has 254 valence electrons. The summed E-state index contributed by atoms with van der Waals surface area (Å²) >= 11 is 0. The molecule has 0 radical (unpaired) electrons. The molecule has 0 atom stereocenters. The first-order valence-corrected chi connectivity index (χ1v) is 18.7. The minimum atomic E-state index is 0.746. The number of nitrogens with zero attached hydrogens (tertiary/aromatic N) is 2. The first-order chi connectivity index (χ1) is 26.7. The zero-order chi connectivity index (χ0) is 35.8. The highest BCUT2D eigenvalue weighted by atomic mass is 14.9. The van der Waals surface area contributed by atoms with Crippen molar-refractivity contribution in [3.63, 3.8) is 0 Å². The Labute approximate surface area is 315 Å². The lowest BCUT2D eigenvalue weighted by Gasteiger charge is -2.16. The van der Waals surface area contributed by atoms with Crippen LogP contribution >= 0.6 is 0 Å². The van der Waals surface area contributed by atoms with Gasteiger partial charge in [-0.2, -0.15) is 0 Å². The van der Waals surface area contributed by atoms with Crippen molar-refractivity contribution >= 4 is 43.5 Å². The summed E-state index contributed by atoms with van der Waals surface area (Å²) in [6.45, 7) is 0. The molecule has 10 rings (SSSR count). The lowest BCUT2D eigenvalue weighted by Crippen LogP contribution is -2.01. The van der Waals surface area contributed by atoms with Gasteiger partial charge in [0.05, 0.1) is 11.4 Å². The molecule has 0 aliphatic heterocycles. The van der Waals surface area contributed by atoms with Gasteiger partial charge >= 0.3 is 0 Å². The van der Waals surface area contributed by atoms with Crippen molar-refractivity contribution in [2.24, 2.45) is 0 Å². The van der Waals surface area contributed by atoms with Crippen LogP contribution in [0.1, 0.15) is 24.2 Å². The Morgan fingerprint density at radius 2 is 0.796 bits per heavy atom. The average Bonchev–Trinajstić information content (AvgIpc) is 3.27. The molecule has 2 nitrogen and oxygen atoms in total. The third-order valence-corrected chi connectivity index (χ3v) is 10.7. The number of allylic oxidation sites excluding steroid dienone is 4. The molecule has 54 heavy (non-hydrogen) atoms. The molecule has 1 heterocycles. The van der Waals surface area contributed by atoms with Crippen LogP contribution in [0, 0.1) is 0 Å². The standard InChI is InChI=1S/C52H36N2/c1-3-14-35(15-4-1)37-18-11-21-41(30-37)50-34-51(54-52(53-50)43-23-13-19-38(32-43)36-16-5-2-6-17-36)42-22-12-20-39(31-42)40-28-29-48-46-26-8-7-24-44(46)45-25-9-10-27-47(45)49(48)33-40/h1-12,14-18,20-34H,13,19H2. The molecular weight excluding hydrogens is 653 g/mol. The van der Waals surface area contributed by atoms with Crippen molar-refractivity contribution in [1.29, 1.82) is 0 Å². The van der Waals surface area contributed by atoms with Gasteiger partial charge in [-0.05, 0) is 109 Å². The van der Waals surface area contributed by atoms with Crippen LogP contribution in [-0.2, 0) is 0 Å². The van der Waals surface area contributed by atoms with Gasteiger partial charge in [-0.1, -0.05) is 164 Å². The topological polar surface area (TPSA) is 25.8 Å². The number of aromatic nitrogens is 2. The van der Waals surface area contributed by atoms with Crippen LogP contribution in [0.15, 0.2) is 194 Å². The molecule has 0 saturated carbocycles. The molecule has 1 aromatic heterocycles. The Balaban J connectivity index is 1.11. The molecule has 8 aromatic carbocycles. The van der Waals surface area contributed by atoms with E-state index in [-0.39, 0.29) is 0 Å². The van der Waals surface area contributed by atoms with E-state index in [2.05, 4.69) is 194 Å². The molecule has 0 fully saturated rings. The van der Waals surface area contributed by atoms with Gasteiger partial charge in [-0.15, -0.1) is 0 Å². The SMILES string of the molecule is C1=C(c2ccccc2)CCC=C1c1nc(-c2cccc(-c3ccccc3)c2)cc(-c2cccc(-c3ccc4c5ccccc5c5ccccc5c4c3)c2)n1. The predicted octanol–water partition coefficient (Wildman–Crippen LogP) is 13.9. The lowest BCUT2D eigenvalue weighted by molar-refractivity contribution is 1.04. The molecule has 1 aliphatic carbocycles. The third-order valence-electron chi connectivity index (χ3n) is 10.7. The Morgan fingerprint density at radius 1 is 0.333 bits per heavy atom. The Kier molecular flexibility index (Phi) is 8.00. The van der Waals surface area contributed by atoms with Crippen molar-refractivity contribution in [2.45, 2.75) is 12.8 Å². The maximum absolute atomic E-state index is 5.30. The minimum absolute atomic E-state index is 0.746. The fourth-order valence-electron chi connectivity index (χ4n) is 8.04. The number of hydrogen-bond donors (Lipinski definition) is 0. The van der Waals surface area contributed by atoms with E-state index in [1.807, 2.05) is 0 Å². The maximum Gasteiger partial charge on any atom is 0.160 e. The molecular formula is C52H36N2. The number of fused-ring (bicyclic) bond motifs is 6. The van der Waals surface area contributed by atoms with Gasteiger partial charge in [0.15, 0.2) is 5.82 Å². The average molecular weight is 689 g/mol. The molecule has 0 spiro atoms. The molecule has 9 aromatic rings. The van der Waals surface area contributed by atoms with Crippen molar-refractivity contribution in [3.8, 4) is 44.8 Å². The first kappa shape index (κ1) is 31.8. The normalized spacial score (nSPS) is 12.9. The largest absolute Gasteiger partial charge is 0.228 e. The van der Waals surface area contributed by atoms with Gasteiger partial charge in [-0.25, -0.2) is 9.97 Å². The van der Waals surface area contributed by atoms with Gasteiger partial charge in [-0.3, -0.25) is 0 Å². The lowest BCUT2D eigenvalue weighted by atomic mass is 9.91. The molecule has 0 unspecified atom stereocenters. The van der Waals surface area contributed by atoms with E-state index in [0.29, 0.717) is 0 Å². The predicted molar refractivity (Wildman–Crippen MR) is 228 cm³/mol. The molecule has 2 heteroatoms. The molecule has 0 amide bonds. The molecule has 0 bridgehead atoms. The van der Waals surface area contributed by atoms with Crippen molar-refractivity contribution in [2.75, 3.05) is 0 Å². The van der Waals surface area contributed by atoms with Crippen LogP contribution in [-0.4, -0.2) is 9.97 Å². The highest BCUT2D eigenvalue weighted by Crippen LogP contribution is 2.38. The maximum atomic E-state index is 5.30. The summed E-state index contributed by atoms with van der Waals surface area (Å²) in [4.78, 5) is 10.6. The van der Waals surface area contributed by atoms with E-state index in [9.17, 15) is 0 Å². The highest BCUT2D eigenvalue weighted by molar-refractivity contribution is 6.25. The second kappa shape index (κ2) is 13.6. The summed E-state index contributed by atoms with van der Waals surface area (Å²) in [5, 5.41) is 7.67. The zero-order valence-corrected chi connectivity index (χ0v) is 29.8. The summed E-state index contributed by atoms with van der Waals surface area (Å²) in [5.74, 6) is 0.746. The van der Waals surface area contributed by atoms with E-state index in [4.69, 9.17) is 9.97 Å². The second-order valence-electron chi connectivity index (χ2n) is 14.1. The van der Waals surface area contributed by atoms with Crippen LogP contribution in [0.25, 0.3) is 88.2 Å². The summed E-state index contributed by atoms with van der Waals surface area (Å²) in [6.07, 6.45) is 6.51. The highest BCUT2D eigenvalue weighted by Gasteiger charge is 2.17. The zero-order valence-electron chi connectivity index (χ0n) is 29.8. The van der Waals surface area contributed by atoms with E-state index in [1.165, 1.54) is 54.6 Å². The van der Waals surface area contributed by atoms with Crippen LogP contribution in [0.5, 0.6) is 0 Å². The molecule has 1 aliphatic rings. The summed E-state index contributed by atoms with van der Waals surface area (Å²) in [5.41, 5.74) is 12.2. The van der Waals surface area contributed by atoms with Crippen LogP contribution < -0.4 is 0 Å². The van der Waals surface area contributed by atoms with E-state index >= 15 is 0 Å². The Hall–Kier alpha value is -6.90. The van der Waals surface area contributed by atoms with Crippen LogP contribution in [0.2, 0.25) is 0 Å². The Morgan fingerprint density at radius 3 is 1.41 bits per heavy atom. The van der Waals surface area contributed by atoms with Crippen LogP contribution in [0.4, 0.5) is 0 Å². The fraction of sp³-hybridized carbons (Fsp3) is 0.0385. The van der Waals surface area contributed by atoms with Gasteiger partial charge in [0.25, 0.3) is 0 Å². The van der Waals surface area contributed by atoms with Gasteiger partial charge < -0.3 is 0 Å². The summed E-state index contributed by atoms with van der Waals surface area (Å²) in [7, 11) is 0. The quantitative estimate of drug-likeness (QED) is 0.163. The number of benzene rings is 8. The molecule has 0 saturated heterocycles. The number of rotatable bonds is 6. The van der Waals surface area contributed by atoms with E-state index < -0.39 is 0 Å². The Bertz CT molecular complexity index is 2880. The minimum Gasteiger partial charge on any atom is -0.228 e. The van der Waals surface area contributed by atoms with Crippen molar-refractivity contribution in [1.82, 2.24) is 9.97 Å². The second-order valence-corrected chi connectivity index (χ2v) is 14.1. The van der Waals surface area contributed by atoms with Gasteiger partial charge in [0.1, 0.15) is 0 Å². The molecule has 0 N–H and O–H groups in total. The van der Waals surface area contributed by atoms with Crippen molar-refractivity contribution in [3.05, 3.63) is 206 Å². The monoisotopic (exact) mass is 688 g/mol. The third kappa shape index (κ3) is 5.88. The fourth-order valence-corrected chi connectivity index (χ4v) is 8.04. The summed E-state index contributed by atoms with van der Waals surface area (Å²) < 4.78 is 0.